The van der Waals surface area contributed by atoms with Gasteiger partial charge < -0.3 is 9.80 Å². The molecule has 29 heavy (non-hydrogen) atoms. The molecule has 4 rings (SSSR count). The van der Waals surface area contributed by atoms with Gasteiger partial charge in [-0.25, -0.2) is 0 Å². The van der Waals surface area contributed by atoms with Crippen molar-refractivity contribution in [3.63, 3.8) is 0 Å². The standard InChI is InChI=1S/C23H30N4OS/c1-24-14-16-26(17-15-24)13-7-12-25(2)18-23(28)27-19-8-3-5-10-21(19)29-22-11-6-4-9-20(22)27/h3-6,8-11H,7,12-18H2,1-2H3. The van der Waals surface area contributed by atoms with Crippen molar-refractivity contribution in [2.75, 3.05) is 64.8 Å². The highest BCUT2D eigenvalue weighted by Crippen LogP contribution is 2.47. The van der Waals surface area contributed by atoms with E-state index < -0.39 is 0 Å². The molecule has 0 aliphatic carbocycles. The molecule has 5 nitrogen and oxygen atoms in total. The van der Waals surface area contributed by atoms with Gasteiger partial charge in [-0.2, -0.15) is 0 Å². The van der Waals surface area contributed by atoms with Crippen LogP contribution in [0.4, 0.5) is 11.4 Å². The Bertz CT molecular complexity index is 805. The van der Waals surface area contributed by atoms with Gasteiger partial charge in [0.15, 0.2) is 0 Å². The van der Waals surface area contributed by atoms with Gasteiger partial charge in [0.2, 0.25) is 5.91 Å². The molecule has 1 saturated heterocycles. The molecule has 0 radical (unpaired) electrons. The Hall–Kier alpha value is -1.86. The van der Waals surface area contributed by atoms with Crippen molar-refractivity contribution in [2.45, 2.75) is 16.2 Å². The van der Waals surface area contributed by atoms with Crippen molar-refractivity contribution in [1.82, 2.24) is 14.7 Å². The molecule has 2 aromatic rings. The Morgan fingerprint density at radius 2 is 1.55 bits per heavy atom. The molecule has 0 unspecified atom stereocenters. The molecule has 0 N–H and O–H groups in total. The molecule has 0 atom stereocenters. The van der Waals surface area contributed by atoms with E-state index in [4.69, 9.17) is 0 Å². The fourth-order valence-corrected chi connectivity index (χ4v) is 5.05. The number of nitrogens with zero attached hydrogens (tertiary/aromatic N) is 4. The van der Waals surface area contributed by atoms with Gasteiger partial charge in [-0.1, -0.05) is 36.0 Å². The van der Waals surface area contributed by atoms with Gasteiger partial charge in [0.1, 0.15) is 0 Å². The first-order valence-electron chi connectivity index (χ1n) is 10.4. The van der Waals surface area contributed by atoms with E-state index in [1.54, 1.807) is 11.8 Å². The van der Waals surface area contributed by atoms with Gasteiger partial charge in [-0.05, 0) is 57.9 Å². The number of fused-ring (bicyclic) bond motifs is 2. The molecule has 1 amide bonds. The van der Waals surface area contributed by atoms with Crippen LogP contribution in [0.2, 0.25) is 0 Å². The molecule has 0 aromatic heterocycles. The van der Waals surface area contributed by atoms with Crippen LogP contribution in [-0.2, 0) is 4.79 Å². The van der Waals surface area contributed by atoms with Crippen LogP contribution >= 0.6 is 11.8 Å². The molecule has 2 aromatic carbocycles. The number of hydrogen-bond acceptors (Lipinski definition) is 5. The lowest BCUT2D eigenvalue weighted by molar-refractivity contribution is -0.118. The fourth-order valence-electron chi connectivity index (χ4n) is 3.99. The molecule has 2 aliphatic rings. The zero-order valence-corrected chi connectivity index (χ0v) is 18.2. The third kappa shape index (κ3) is 4.83. The van der Waals surface area contributed by atoms with Gasteiger partial charge in [0.05, 0.1) is 17.9 Å². The normalized spacial score (nSPS) is 17.3. The van der Waals surface area contributed by atoms with Gasteiger partial charge in [-0.3, -0.25) is 14.6 Å². The molecule has 6 heteroatoms. The molecule has 2 aliphatic heterocycles. The fraction of sp³-hybridized carbons (Fsp3) is 0.435. The molecule has 0 spiro atoms. The van der Waals surface area contributed by atoms with Gasteiger partial charge in [0.25, 0.3) is 0 Å². The first-order chi connectivity index (χ1) is 14.1. The maximum absolute atomic E-state index is 13.3. The van der Waals surface area contributed by atoms with Crippen molar-refractivity contribution >= 4 is 29.0 Å². The van der Waals surface area contributed by atoms with E-state index in [1.165, 1.54) is 0 Å². The summed E-state index contributed by atoms with van der Waals surface area (Å²) in [5.74, 6) is 0.132. The minimum atomic E-state index is 0.132. The summed E-state index contributed by atoms with van der Waals surface area (Å²) >= 11 is 1.74. The zero-order chi connectivity index (χ0) is 20.2. The second-order valence-corrected chi connectivity index (χ2v) is 9.09. The van der Waals surface area contributed by atoms with Crippen molar-refractivity contribution in [2.24, 2.45) is 0 Å². The van der Waals surface area contributed by atoms with Crippen LogP contribution < -0.4 is 4.90 Å². The van der Waals surface area contributed by atoms with Crippen LogP contribution in [0, 0.1) is 0 Å². The Morgan fingerprint density at radius 1 is 0.966 bits per heavy atom. The second-order valence-electron chi connectivity index (χ2n) is 8.00. The largest absolute Gasteiger partial charge is 0.304 e. The molecule has 154 valence electrons. The number of likely N-dealkylation sites (N-methyl/N-ethyl adjacent to an activating group) is 2. The Morgan fingerprint density at radius 3 is 2.17 bits per heavy atom. The quantitative estimate of drug-likeness (QED) is 0.728. The molecule has 0 saturated carbocycles. The lowest BCUT2D eigenvalue weighted by atomic mass is 10.2. The van der Waals surface area contributed by atoms with E-state index in [9.17, 15) is 4.79 Å². The van der Waals surface area contributed by atoms with Crippen molar-refractivity contribution < 1.29 is 4.79 Å². The highest BCUT2D eigenvalue weighted by Gasteiger charge is 2.28. The monoisotopic (exact) mass is 410 g/mol. The zero-order valence-electron chi connectivity index (χ0n) is 17.4. The van der Waals surface area contributed by atoms with Crippen LogP contribution in [0.1, 0.15) is 6.42 Å². The van der Waals surface area contributed by atoms with Crippen LogP contribution in [0.5, 0.6) is 0 Å². The number of rotatable bonds is 6. The maximum atomic E-state index is 13.3. The highest BCUT2D eigenvalue weighted by molar-refractivity contribution is 7.99. The summed E-state index contributed by atoms with van der Waals surface area (Å²) in [4.78, 5) is 24.5. The van der Waals surface area contributed by atoms with Gasteiger partial charge in [-0.15, -0.1) is 0 Å². The summed E-state index contributed by atoms with van der Waals surface area (Å²) in [5.41, 5.74) is 1.99. The van der Waals surface area contributed by atoms with E-state index >= 15 is 0 Å². The van der Waals surface area contributed by atoms with E-state index in [1.807, 2.05) is 41.3 Å². The van der Waals surface area contributed by atoms with E-state index in [0.29, 0.717) is 6.54 Å². The highest BCUT2D eigenvalue weighted by atomic mass is 32.2. The first-order valence-corrected chi connectivity index (χ1v) is 11.2. The Labute approximate surface area is 178 Å². The smallest absolute Gasteiger partial charge is 0.245 e. The molecular formula is C23H30N4OS. The molecule has 0 bridgehead atoms. The van der Waals surface area contributed by atoms with E-state index in [0.717, 1.165) is 66.9 Å². The summed E-state index contributed by atoms with van der Waals surface area (Å²) < 4.78 is 0. The van der Waals surface area contributed by atoms with Crippen LogP contribution in [0.3, 0.4) is 0 Å². The minimum absolute atomic E-state index is 0.132. The number of amides is 1. The molecular weight excluding hydrogens is 380 g/mol. The average molecular weight is 411 g/mol. The number of piperazine rings is 1. The summed E-state index contributed by atoms with van der Waals surface area (Å²) in [6.45, 7) is 7.08. The second kappa shape index (κ2) is 9.30. The first kappa shape index (κ1) is 20.4. The number of hydrogen-bond donors (Lipinski definition) is 0. The predicted molar refractivity (Wildman–Crippen MR) is 120 cm³/mol. The SMILES string of the molecule is CN1CCN(CCCN(C)CC(=O)N2c3ccccc3Sc3ccccc32)CC1. The third-order valence-corrected chi connectivity index (χ3v) is 6.83. The van der Waals surface area contributed by atoms with Crippen molar-refractivity contribution in [3.8, 4) is 0 Å². The molecule has 2 heterocycles. The average Bonchev–Trinajstić information content (AvgIpc) is 2.73. The lowest BCUT2D eigenvalue weighted by Gasteiger charge is -2.33. The van der Waals surface area contributed by atoms with Crippen LogP contribution in [0.25, 0.3) is 0 Å². The minimum Gasteiger partial charge on any atom is -0.304 e. The van der Waals surface area contributed by atoms with Gasteiger partial charge in [0, 0.05) is 36.0 Å². The molecule has 1 fully saturated rings. The van der Waals surface area contributed by atoms with Crippen molar-refractivity contribution in [1.29, 1.82) is 0 Å². The van der Waals surface area contributed by atoms with Gasteiger partial charge >= 0.3 is 0 Å². The number of para-hydroxylation sites is 2. The summed E-state index contributed by atoms with van der Waals surface area (Å²) in [5, 5.41) is 0. The number of carbonyl (C=O) groups excluding carboxylic acids is 1. The number of carbonyl (C=O) groups is 1. The summed E-state index contributed by atoms with van der Waals surface area (Å²) in [6.07, 6.45) is 1.09. The predicted octanol–water partition coefficient (Wildman–Crippen LogP) is 3.39. The van der Waals surface area contributed by atoms with E-state index in [-0.39, 0.29) is 5.91 Å². The van der Waals surface area contributed by atoms with Crippen molar-refractivity contribution in [3.05, 3.63) is 48.5 Å². The summed E-state index contributed by atoms with van der Waals surface area (Å²) in [7, 11) is 4.24. The van der Waals surface area contributed by atoms with Crippen LogP contribution in [-0.4, -0.2) is 80.5 Å². The van der Waals surface area contributed by atoms with E-state index in [2.05, 4.69) is 40.9 Å². The Balaban J connectivity index is 1.37. The van der Waals surface area contributed by atoms with Crippen LogP contribution in [0.15, 0.2) is 58.3 Å². The maximum Gasteiger partial charge on any atom is 0.245 e. The third-order valence-electron chi connectivity index (χ3n) is 5.70. The lowest BCUT2D eigenvalue weighted by Crippen LogP contribution is -2.45. The number of anilines is 2. The topological polar surface area (TPSA) is 30.0 Å². The number of benzene rings is 2. The Kier molecular flexibility index (Phi) is 6.55. The summed E-state index contributed by atoms with van der Waals surface area (Å²) in [6, 6.07) is 16.4.